The minimum absolute atomic E-state index is 0.102. The molecule has 176 valence electrons. The lowest BCUT2D eigenvalue weighted by Crippen LogP contribution is -2.10. The van der Waals surface area contributed by atoms with Gasteiger partial charge in [0, 0.05) is 43.3 Å². The van der Waals surface area contributed by atoms with Gasteiger partial charge in [-0.15, -0.1) is 10.2 Å². The highest BCUT2D eigenvalue weighted by molar-refractivity contribution is 7.99. The summed E-state index contributed by atoms with van der Waals surface area (Å²) >= 11 is 7.63. The predicted molar refractivity (Wildman–Crippen MR) is 130 cm³/mol. The molecule has 0 unspecified atom stereocenters. The molecule has 0 saturated heterocycles. The smallest absolute Gasteiger partial charge is 0.192 e. The first-order chi connectivity index (χ1) is 16.0. The molecule has 33 heavy (non-hydrogen) atoms. The summed E-state index contributed by atoms with van der Waals surface area (Å²) in [6, 6.07) is 9.73. The molecular weight excluding hydrogens is 460 g/mol. The molecule has 0 bridgehead atoms. The summed E-state index contributed by atoms with van der Waals surface area (Å²) in [5.41, 5.74) is 2.88. The zero-order valence-corrected chi connectivity index (χ0v) is 20.8. The van der Waals surface area contributed by atoms with Gasteiger partial charge in [-0.2, -0.15) is 0 Å². The van der Waals surface area contributed by atoms with Crippen LogP contribution in [-0.2, 0) is 17.9 Å². The minimum Gasteiger partial charge on any atom is -0.484 e. The average molecular weight is 489 g/mol. The van der Waals surface area contributed by atoms with Gasteiger partial charge in [0.25, 0.3) is 0 Å². The van der Waals surface area contributed by atoms with Crippen LogP contribution in [-0.4, -0.2) is 44.6 Å². The summed E-state index contributed by atoms with van der Waals surface area (Å²) in [4.78, 5) is 13.0. The molecule has 1 saturated carbocycles. The van der Waals surface area contributed by atoms with Crippen molar-refractivity contribution in [1.82, 2.24) is 19.3 Å². The summed E-state index contributed by atoms with van der Waals surface area (Å²) in [5.74, 6) is 1.79. The van der Waals surface area contributed by atoms with Crippen molar-refractivity contribution in [3.63, 3.8) is 0 Å². The van der Waals surface area contributed by atoms with Gasteiger partial charge in [0.1, 0.15) is 12.4 Å². The molecule has 0 atom stereocenters. The van der Waals surface area contributed by atoms with Crippen LogP contribution >= 0.6 is 23.4 Å². The largest absolute Gasteiger partial charge is 0.484 e. The van der Waals surface area contributed by atoms with E-state index in [-0.39, 0.29) is 12.4 Å². The van der Waals surface area contributed by atoms with Gasteiger partial charge in [-0.1, -0.05) is 35.5 Å². The fraction of sp³-hybridized carbons (Fsp3) is 0.458. The van der Waals surface area contributed by atoms with Crippen molar-refractivity contribution >= 4 is 29.1 Å². The van der Waals surface area contributed by atoms with Crippen molar-refractivity contribution in [1.29, 1.82) is 0 Å². The maximum atomic E-state index is 13.0. The summed E-state index contributed by atoms with van der Waals surface area (Å²) in [5, 5.41) is 10.0. The molecule has 2 heterocycles. The SMILES string of the molecule is COCCCn1c(C)cc(C(=O)CSc2nnc(COc3ccccc3Cl)n2C2CC2)c1C. The van der Waals surface area contributed by atoms with Gasteiger partial charge >= 0.3 is 0 Å². The van der Waals surface area contributed by atoms with Gasteiger partial charge in [0.2, 0.25) is 0 Å². The lowest BCUT2D eigenvalue weighted by atomic mass is 10.2. The van der Waals surface area contributed by atoms with Crippen molar-refractivity contribution < 1.29 is 14.3 Å². The number of rotatable bonds is 12. The van der Waals surface area contributed by atoms with Crippen LogP contribution in [0.1, 0.15) is 52.9 Å². The molecule has 1 aliphatic rings. The van der Waals surface area contributed by atoms with E-state index in [4.69, 9.17) is 21.1 Å². The monoisotopic (exact) mass is 488 g/mol. The van der Waals surface area contributed by atoms with Crippen LogP contribution in [0.25, 0.3) is 0 Å². The molecule has 4 rings (SSSR count). The highest BCUT2D eigenvalue weighted by Gasteiger charge is 2.30. The normalized spacial score (nSPS) is 13.5. The minimum atomic E-state index is 0.102. The van der Waals surface area contributed by atoms with Crippen molar-refractivity contribution in [2.24, 2.45) is 0 Å². The Morgan fingerprint density at radius 1 is 1.24 bits per heavy atom. The van der Waals surface area contributed by atoms with E-state index in [0.29, 0.717) is 29.2 Å². The van der Waals surface area contributed by atoms with Crippen LogP contribution in [0.2, 0.25) is 5.02 Å². The van der Waals surface area contributed by atoms with E-state index in [1.807, 2.05) is 38.1 Å². The highest BCUT2D eigenvalue weighted by atomic mass is 35.5. The van der Waals surface area contributed by atoms with E-state index < -0.39 is 0 Å². The number of ether oxygens (including phenoxy) is 2. The second kappa shape index (κ2) is 10.8. The zero-order valence-electron chi connectivity index (χ0n) is 19.2. The molecule has 0 radical (unpaired) electrons. The Labute approximate surface area is 203 Å². The fourth-order valence-corrected chi connectivity index (χ4v) is 5.01. The van der Waals surface area contributed by atoms with E-state index in [1.54, 1.807) is 13.2 Å². The van der Waals surface area contributed by atoms with Gasteiger partial charge in [0.15, 0.2) is 16.8 Å². The number of aromatic nitrogens is 4. The van der Waals surface area contributed by atoms with Crippen molar-refractivity contribution in [3.8, 4) is 5.75 Å². The summed E-state index contributed by atoms with van der Waals surface area (Å²) < 4.78 is 15.3. The first-order valence-electron chi connectivity index (χ1n) is 11.1. The number of thioether (sulfide) groups is 1. The zero-order chi connectivity index (χ0) is 23.4. The van der Waals surface area contributed by atoms with Crippen LogP contribution in [0.4, 0.5) is 0 Å². The van der Waals surface area contributed by atoms with Crippen LogP contribution in [0, 0.1) is 13.8 Å². The van der Waals surface area contributed by atoms with Gasteiger partial charge in [0.05, 0.1) is 10.8 Å². The molecule has 0 amide bonds. The molecule has 1 aromatic carbocycles. The summed E-state index contributed by atoms with van der Waals surface area (Å²) in [7, 11) is 1.70. The second-order valence-corrected chi connectivity index (χ2v) is 9.56. The molecule has 1 aliphatic carbocycles. The molecule has 7 nitrogen and oxygen atoms in total. The predicted octanol–water partition coefficient (Wildman–Crippen LogP) is 5.28. The number of nitrogens with zero attached hydrogens (tertiary/aromatic N) is 4. The molecule has 2 aromatic heterocycles. The number of aryl methyl sites for hydroxylation is 1. The van der Waals surface area contributed by atoms with Crippen molar-refractivity contribution in [3.05, 3.63) is 58.1 Å². The lowest BCUT2D eigenvalue weighted by Gasteiger charge is -2.11. The molecular formula is C24H29ClN4O3S. The van der Waals surface area contributed by atoms with Crippen molar-refractivity contribution in [2.45, 2.75) is 57.5 Å². The molecule has 3 aromatic rings. The fourth-order valence-electron chi connectivity index (χ4n) is 3.91. The average Bonchev–Trinajstić information content (AvgIpc) is 3.50. The van der Waals surface area contributed by atoms with Crippen molar-refractivity contribution in [2.75, 3.05) is 19.5 Å². The number of para-hydroxylation sites is 1. The number of hydrogen-bond donors (Lipinski definition) is 0. The first-order valence-corrected chi connectivity index (χ1v) is 12.5. The third-order valence-corrected chi connectivity index (χ3v) is 7.03. The Morgan fingerprint density at radius 3 is 2.76 bits per heavy atom. The van der Waals surface area contributed by atoms with Gasteiger partial charge in [-0.25, -0.2) is 0 Å². The lowest BCUT2D eigenvalue weighted by molar-refractivity contribution is 0.102. The molecule has 0 aliphatic heterocycles. The highest BCUT2D eigenvalue weighted by Crippen LogP contribution is 2.39. The van der Waals surface area contributed by atoms with E-state index in [2.05, 4.69) is 19.3 Å². The molecule has 9 heteroatoms. The Morgan fingerprint density at radius 2 is 2.03 bits per heavy atom. The third kappa shape index (κ3) is 5.62. The van der Waals surface area contributed by atoms with Gasteiger partial charge in [-0.3, -0.25) is 9.36 Å². The summed E-state index contributed by atoms with van der Waals surface area (Å²) in [6.07, 6.45) is 3.08. The topological polar surface area (TPSA) is 71.2 Å². The van der Waals surface area contributed by atoms with Crippen LogP contribution in [0.3, 0.4) is 0 Å². The standard InChI is InChI=1S/C24H29ClN4O3S/c1-16-13-19(17(2)28(16)11-6-12-31-3)21(30)15-33-24-27-26-23(29(24)18-9-10-18)14-32-22-8-5-4-7-20(22)25/h4-5,7-8,13,18H,6,9-12,14-15H2,1-3H3. The Hall–Kier alpha value is -2.29. The van der Waals surface area contributed by atoms with Gasteiger partial charge in [-0.05, 0) is 51.3 Å². The summed E-state index contributed by atoms with van der Waals surface area (Å²) in [6.45, 7) is 5.88. The quantitative estimate of drug-likeness (QED) is 0.196. The van der Waals surface area contributed by atoms with Crippen LogP contribution in [0.5, 0.6) is 5.75 Å². The van der Waals surface area contributed by atoms with Crippen LogP contribution < -0.4 is 4.74 Å². The number of methoxy groups -OCH3 is 1. The third-order valence-electron chi connectivity index (χ3n) is 5.78. The van der Waals surface area contributed by atoms with Gasteiger partial charge < -0.3 is 14.0 Å². The number of hydrogen-bond acceptors (Lipinski definition) is 6. The Bertz CT molecular complexity index is 1120. The van der Waals surface area contributed by atoms with Crippen LogP contribution in [0.15, 0.2) is 35.5 Å². The van der Waals surface area contributed by atoms with E-state index in [1.165, 1.54) is 11.8 Å². The maximum Gasteiger partial charge on any atom is 0.192 e. The van der Waals surface area contributed by atoms with E-state index in [9.17, 15) is 4.79 Å². The Balaban J connectivity index is 1.42. The molecule has 0 N–H and O–H groups in total. The molecule has 1 fully saturated rings. The van der Waals surface area contributed by atoms with E-state index >= 15 is 0 Å². The Kier molecular flexibility index (Phi) is 7.78. The number of Topliss-reactive ketones (excluding diaryl/α,β-unsaturated/α-hetero) is 1. The molecule has 0 spiro atoms. The first kappa shape index (κ1) is 23.9. The maximum absolute atomic E-state index is 13.0. The van der Waals surface area contributed by atoms with E-state index in [0.717, 1.165) is 53.7 Å². The number of halogens is 1. The number of carbonyl (C=O) groups is 1. The second-order valence-electron chi connectivity index (χ2n) is 8.21. The number of carbonyl (C=O) groups excluding carboxylic acids is 1. The number of benzene rings is 1. The number of ketones is 1.